The van der Waals surface area contributed by atoms with Crippen LogP contribution in [-0.2, 0) is 12.8 Å². The van der Waals surface area contributed by atoms with Gasteiger partial charge in [-0.1, -0.05) is 6.07 Å². The molecular weight excluding hydrogens is 336 g/mol. The molecule has 0 aromatic carbocycles. The molecule has 0 spiro atoms. The Hall–Kier alpha value is -3.21. The molecule has 0 aliphatic rings. The van der Waals surface area contributed by atoms with E-state index < -0.39 is 0 Å². The number of hydrogen-bond donors (Lipinski definition) is 1. The van der Waals surface area contributed by atoms with E-state index in [0.717, 1.165) is 29.6 Å². The highest BCUT2D eigenvalue weighted by Crippen LogP contribution is 2.26. The van der Waals surface area contributed by atoms with E-state index in [1.165, 1.54) is 27.6 Å². The first-order valence-corrected chi connectivity index (χ1v) is 8.98. The van der Waals surface area contributed by atoms with Gasteiger partial charge in [-0.15, -0.1) is 0 Å². The van der Waals surface area contributed by atoms with E-state index >= 15 is 0 Å². The van der Waals surface area contributed by atoms with E-state index in [1.54, 1.807) is 13.3 Å². The Bertz CT molecular complexity index is 1100. The predicted molar refractivity (Wildman–Crippen MR) is 106 cm³/mol. The molecule has 0 unspecified atom stereocenters. The second kappa shape index (κ2) is 7.19. The summed E-state index contributed by atoms with van der Waals surface area (Å²) in [6.45, 7) is 4.17. The van der Waals surface area contributed by atoms with Gasteiger partial charge in [-0.05, 0) is 53.8 Å². The summed E-state index contributed by atoms with van der Waals surface area (Å²) < 4.78 is 5.43. The molecule has 0 saturated carbocycles. The Balaban J connectivity index is 1.73. The van der Waals surface area contributed by atoms with E-state index in [1.807, 2.05) is 30.9 Å². The smallest absolute Gasteiger partial charge is 0.216 e. The van der Waals surface area contributed by atoms with Gasteiger partial charge in [0.2, 0.25) is 5.88 Å². The van der Waals surface area contributed by atoms with E-state index in [9.17, 15) is 0 Å². The third kappa shape index (κ3) is 3.40. The summed E-state index contributed by atoms with van der Waals surface area (Å²) in [4.78, 5) is 16.5. The molecule has 4 rings (SSSR count). The molecule has 0 atom stereocenters. The van der Waals surface area contributed by atoms with Gasteiger partial charge in [-0.25, -0.2) is 9.97 Å². The zero-order valence-electron chi connectivity index (χ0n) is 15.8. The SMILES string of the molecule is COc1ncccc1Cc1c(C)cncc1Cc1c[nH]c2ncc(C)cc12. The fraction of sp³-hybridized carbons (Fsp3) is 0.227. The van der Waals surface area contributed by atoms with Crippen LogP contribution >= 0.6 is 0 Å². The summed E-state index contributed by atoms with van der Waals surface area (Å²) in [5, 5.41) is 1.17. The zero-order chi connectivity index (χ0) is 18.8. The molecular formula is C22H22N4O. The Labute approximate surface area is 158 Å². The van der Waals surface area contributed by atoms with E-state index in [4.69, 9.17) is 4.74 Å². The molecule has 0 radical (unpaired) electrons. The summed E-state index contributed by atoms with van der Waals surface area (Å²) >= 11 is 0. The minimum atomic E-state index is 0.673. The van der Waals surface area contributed by atoms with Crippen LogP contribution < -0.4 is 4.74 Å². The first-order chi connectivity index (χ1) is 13.2. The molecule has 5 heteroatoms. The molecule has 0 saturated heterocycles. The molecule has 0 aliphatic heterocycles. The van der Waals surface area contributed by atoms with Gasteiger partial charge in [0.15, 0.2) is 0 Å². The van der Waals surface area contributed by atoms with Crippen LogP contribution in [0, 0.1) is 13.8 Å². The number of aromatic amines is 1. The van der Waals surface area contributed by atoms with Crippen LogP contribution in [0.5, 0.6) is 5.88 Å². The van der Waals surface area contributed by atoms with Crippen molar-refractivity contribution in [2.45, 2.75) is 26.7 Å². The van der Waals surface area contributed by atoms with Crippen LogP contribution in [0.1, 0.15) is 33.4 Å². The molecule has 5 nitrogen and oxygen atoms in total. The second-order valence-electron chi connectivity index (χ2n) is 6.84. The van der Waals surface area contributed by atoms with Crippen molar-refractivity contribution in [1.29, 1.82) is 0 Å². The van der Waals surface area contributed by atoms with E-state index in [2.05, 4.69) is 45.9 Å². The molecule has 0 fully saturated rings. The third-order valence-corrected chi connectivity index (χ3v) is 4.91. The summed E-state index contributed by atoms with van der Waals surface area (Å²) in [5.41, 5.74) is 8.04. The lowest BCUT2D eigenvalue weighted by Crippen LogP contribution is -2.03. The van der Waals surface area contributed by atoms with Crippen LogP contribution in [0.25, 0.3) is 11.0 Å². The maximum absolute atomic E-state index is 5.43. The van der Waals surface area contributed by atoms with Gasteiger partial charge in [0.25, 0.3) is 0 Å². The van der Waals surface area contributed by atoms with Gasteiger partial charge in [-0.3, -0.25) is 4.98 Å². The van der Waals surface area contributed by atoms with Crippen molar-refractivity contribution in [3.8, 4) is 5.88 Å². The number of nitrogens with one attached hydrogen (secondary N) is 1. The molecule has 0 aliphatic carbocycles. The van der Waals surface area contributed by atoms with Crippen molar-refractivity contribution in [2.75, 3.05) is 7.11 Å². The highest BCUT2D eigenvalue weighted by atomic mass is 16.5. The first kappa shape index (κ1) is 17.2. The van der Waals surface area contributed by atoms with E-state index in [-0.39, 0.29) is 0 Å². The largest absolute Gasteiger partial charge is 0.481 e. The van der Waals surface area contributed by atoms with Gasteiger partial charge in [-0.2, -0.15) is 0 Å². The third-order valence-electron chi connectivity index (χ3n) is 4.91. The topological polar surface area (TPSA) is 63.7 Å². The molecule has 0 amide bonds. The minimum Gasteiger partial charge on any atom is -0.481 e. The lowest BCUT2D eigenvalue weighted by Gasteiger charge is -2.13. The van der Waals surface area contributed by atoms with Crippen LogP contribution in [-0.4, -0.2) is 27.0 Å². The van der Waals surface area contributed by atoms with Gasteiger partial charge in [0.05, 0.1) is 7.11 Å². The summed E-state index contributed by atoms with van der Waals surface area (Å²) in [6, 6.07) is 6.19. The Morgan fingerprint density at radius 3 is 2.74 bits per heavy atom. The fourth-order valence-corrected chi connectivity index (χ4v) is 3.50. The number of ether oxygens (including phenoxy) is 1. The number of fused-ring (bicyclic) bond motifs is 1. The lowest BCUT2D eigenvalue weighted by molar-refractivity contribution is 0.393. The number of methoxy groups -OCH3 is 1. The number of rotatable bonds is 5. The standard InChI is InChI=1S/C22H22N4O/c1-14-7-20-18(13-26-21(20)25-10-14)8-17-12-23-11-15(2)19(17)9-16-5-4-6-24-22(16)27-3/h4-7,10-13H,8-9H2,1-3H3,(H,25,26). The zero-order valence-corrected chi connectivity index (χ0v) is 15.8. The Morgan fingerprint density at radius 1 is 1.00 bits per heavy atom. The van der Waals surface area contributed by atoms with Gasteiger partial charge in [0, 0.05) is 54.8 Å². The number of nitrogens with zero attached hydrogens (tertiary/aromatic N) is 3. The van der Waals surface area contributed by atoms with Crippen molar-refractivity contribution in [1.82, 2.24) is 19.9 Å². The number of pyridine rings is 3. The highest BCUT2D eigenvalue weighted by molar-refractivity contribution is 5.80. The average molecular weight is 358 g/mol. The minimum absolute atomic E-state index is 0.673. The Kier molecular flexibility index (Phi) is 4.59. The van der Waals surface area contributed by atoms with Crippen molar-refractivity contribution in [3.05, 3.63) is 82.6 Å². The first-order valence-electron chi connectivity index (χ1n) is 8.98. The average Bonchev–Trinajstić information content (AvgIpc) is 3.07. The summed E-state index contributed by atoms with van der Waals surface area (Å²) in [6.07, 6.45) is 11.1. The number of aryl methyl sites for hydroxylation is 2. The van der Waals surface area contributed by atoms with Gasteiger partial charge in [0.1, 0.15) is 5.65 Å². The van der Waals surface area contributed by atoms with Crippen molar-refractivity contribution in [3.63, 3.8) is 0 Å². The second-order valence-corrected chi connectivity index (χ2v) is 6.84. The molecule has 27 heavy (non-hydrogen) atoms. The molecule has 4 aromatic heterocycles. The normalized spacial score (nSPS) is 11.1. The Morgan fingerprint density at radius 2 is 1.89 bits per heavy atom. The highest BCUT2D eigenvalue weighted by Gasteiger charge is 2.14. The van der Waals surface area contributed by atoms with E-state index in [0.29, 0.717) is 5.88 Å². The van der Waals surface area contributed by atoms with Gasteiger partial charge >= 0.3 is 0 Å². The maximum atomic E-state index is 5.43. The maximum Gasteiger partial charge on any atom is 0.216 e. The van der Waals surface area contributed by atoms with Gasteiger partial charge < -0.3 is 9.72 Å². The van der Waals surface area contributed by atoms with Crippen molar-refractivity contribution in [2.24, 2.45) is 0 Å². The van der Waals surface area contributed by atoms with Crippen LogP contribution in [0.4, 0.5) is 0 Å². The summed E-state index contributed by atoms with van der Waals surface area (Å²) in [7, 11) is 1.66. The number of H-pyrrole nitrogens is 1. The molecule has 0 bridgehead atoms. The molecule has 136 valence electrons. The fourth-order valence-electron chi connectivity index (χ4n) is 3.50. The monoisotopic (exact) mass is 358 g/mol. The quantitative estimate of drug-likeness (QED) is 0.582. The number of aromatic nitrogens is 4. The summed E-state index contributed by atoms with van der Waals surface area (Å²) in [5.74, 6) is 0.673. The van der Waals surface area contributed by atoms with Crippen molar-refractivity contribution < 1.29 is 4.74 Å². The molecule has 4 heterocycles. The van der Waals surface area contributed by atoms with Crippen LogP contribution in [0.2, 0.25) is 0 Å². The molecule has 1 N–H and O–H groups in total. The van der Waals surface area contributed by atoms with Crippen LogP contribution in [0.3, 0.4) is 0 Å². The number of hydrogen-bond acceptors (Lipinski definition) is 4. The van der Waals surface area contributed by atoms with Crippen LogP contribution in [0.15, 0.2) is 49.2 Å². The lowest BCUT2D eigenvalue weighted by atomic mass is 9.94. The predicted octanol–water partition coefficient (Wildman–Crippen LogP) is 4.16. The molecule has 4 aromatic rings. The van der Waals surface area contributed by atoms with Crippen molar-refractivity contribution >= 4 is 11.0 Å².